The Labute approximate surface area is 130 Å². The molecule has 0 radical (unpaired) electrons. The van der Waals surface area contributed by atoms with Gasteiger partial charge in [-0.2, -0.15) is 0 Å². The van der Waals surface area contributed by atoms with Gasteiger partial charge in [0.2, 0.25) is 0 Å². The van der Waals surface area contributed by atoms with Crippen LogP contribution < -0.4 is 10.6 Å². The maximum atomic E-state index is 5.20. The van der Waals surface area contributed by atoms with Crippen molar-refractivity contribution in [2.75, 3.05) is 19.6 Å². The lowest BCUT2D eigenvalue weighted by Gasteiger charge is -2.17. The van der Waals surface area contributed by atoms with Crippen LogP contribution in [0.1, 0.15) is 47.0 Å². The fourth-order valence-corrected chi connectivity index (χ4v) is 1.43. The van der Waals surface area contributed by atoms with Crippen molar-refractivity contribution in [2.24, 2.45) is 10.4 Å². The predicted molar refractivity (Wildman–Crippen MR) is 91.5 cm³/mol. The summed E-state index contributed by atoms with van der Waals surface area (Å²) >= 11 is 0. The maximum Gasteiger partial charge on any atom is 0.192 e. The first-order valence-corrected chi connectivity index (χ1v) is 6.45. The smallest absolute Gasteiger partial charge is 0.192 e. The zero-order chi connectivity index (χ0) is 13.1. The van der Waals surface area contributed by atoms with E-state index in [0.29, 0.717) is 12.0 Å². The Morgan fingerprint density at radius 3 is 2.39 bits per heavy atom. The van der Waals surface area contributed by atoms with E-state index in [0.717, 1.165) is 25.5 Å². The van der Waals surface area contributed by atoms with E-state index in [1.807, 2.05) is 6.92 Å². The van der Waals surface area contributed by atoms with E-state index >= 15 is 0 Å². The summed E-state index contributed by atoms with van der Waals surface area (Å²) in [6.07, 6.45) is 8.80. The van der Waals surface area contributed by atoms with Crippen LogP contribution in [0.3, 0.4) is 0 Å². The number of guanidine groups is 1. The molecule has 4 heteroatoms. The fraction of sp³-hybridized carbons (Fsp3) is 0.786. The van der Waals surface area contributed by atoms with E-state index in [-0.39, 0.29) is 24.0 Å². The van der Waals surface area contributed by atoms with Gasteiger partial charge in [-0.1, -0.05) is 33.1 Å². The van der Waals surface area contributed by atoms with Crippen molar-refractivity contribution in [1.82, 2.24) is 10.6 Å². The number of halogens is 1. The van der Waals surface area contributed by atoms with Gasteiger partial charge in [-0.05, 0) is 25.2 Å². The van der Waals surface area contributed by atoms with Crippen molar-refractivity contribution in [1.29, 1.82) is 0 Å². The Morgan fingerprint density at radius 2 is 1.89 bits per heavy atom. The van der Waals surface area contributed by atoms with Gasteiger partial charge in [-0.3, -0.25) is 4.99 Å². The molecule has 0 aliphatic heterocycles. The van der Waals surface area contributed by atoms with Crippen LogP contribution in [-0.4, -0.2) is 25.6 Å². The summed E-state index contributed by atoms with van der Waals surface area (Å²) in [6.45, 7) is 11.1. The number of hydrogen-bond donors (Lipinski definition) is 2. The second-order valence-electron chi connectivity index (χ2n) is 5.34. The average Bonchev–Trinajstić information content (AvgIpc) is 2.23. The van der Waals surface area contributed by atoms with Crippen LogP contribution in [0, 0.1) is 17.8 Å². The zero-order valence-electron chi connectivity index (χ0n) is 12.2. The van der Waals surface area contributed by atoms with Gasteiger partial charge in [0.05, 0.1) is 6.54 Å². The Kier molecular flexibility index (Phi) is 12.9. The Bertz CT molecular complexity index is 261. The standard InChI is InChI=1S/C14H27N3.HI/c1-6-11-16-13(15-7-2)17-12-9-8-10-14(3,4)5;/h1H,7-12H2,2-5H3,(H2,15,16,17);1H. The van der Waals surface area contributed by atoms with Crippen molar-refractivity contribution in [3.05, 3.63) is 0 Å². The summed E-state index contributed by atoms with van der Waals surface area (Å²) in [7, 11) is 0. The van der Waals surface area contributed by atoms with Crippen molar-refractivity contribution in [3.8, 4) is 12.3 Å². The van der Waals surface area contributed by atoms with Crippen LogP contribution in [0.5, 0.6) is 0 Å². The zero-order valence-corrected chi connectivity index (χ0v) is 14.5. The van der Waals surface area contributed by atoms with Crippen LogP contribution in [0.25, 0.3) is 0 Å². The highest BCUT2D eigenvalue weighted by Crippen LogP contribution is 2.21. The van der Waals surface area contributed by atoms with Crippen LogP contribution in [0.15, 0.2) is 4.99 Å². The minimum Gasteiger partial charge on any atom is -0.357 e. The molecule has 0 fully saturated rings. The average molecular weight is 365 g/mol. The Morgan fingerprint density at radius 1 is 1.22 bits per heavy atom. The largest absolute Gasteiger partial charge is 0.357 e. The third kappa shape index (κ3) is 13.6. The third-order valence-corrected chi connectivity index (χ3v) is 2.31. The van der Waals surface area contributed by atoms with Gasteiger partial charge >= 0.3 is 0 Å². The van der Waals surface area contributed by atoms with Crippen molar-refractivity contribution >= 4 is 29.9 Å². The normalized spacial score (nSPS) is 11.4. The number of unbranched alkanes of at least 4 members (excludes halogenated alkanes) is 1. The van der Waals surface area contributed by atoms with Gasteiger partial charge < -0.3 is 10.6 Å². The molecular formula is C14H28IN3. The highest BCUT2D eigenvalue weighted by Gasteiger charge is 2.08. The number of nitrogens with zero attached hydrogens (tertiary/aromatic N) is 1. The fourth-order valence-electron chi connectivity index (χ4n) is 1.43. The molecule has 0 saturated carbocycles. The first-order chi connectivity index (χ1) is 7.99. The van der Waals surface area contributed by atoms with Crippen LogP contribution in [0.2, 0.25) is 0 Å². The summed E-state index contributed by atoms with van der Waals surface area (Å²) in [5.41, 5.74) is 0.427. The third-order valence-electron chi connectivity index (χ3n) is 2.31. The molecule has 0 aromatic rings. The molecule has 0 saturated heterocycles. The number of hydrogen-bond acceptors (Lipinski definition) is 1. The van der Waals surface area contributed by atoms with Gasteiger partial charge in [-0.25, -0.2) is 0 Å². The molecule has 0 rings (SSSR count). The van der Waals surface area contributed by atoms with E-state index in [9.17, 15) is 0 Å². The summed E-state index contributed by atoms with van der Waals surface area (Å²) in [6, 6.07) is 0. The Balaban J connectivity index is 0. The maximum absolute atomic E-state index is 5.20. The molecule has 0 aliphatic rings. The highest BCUT2D eigenvalue weighted by atomic mass is 127. The highest BCUT2D eigenvalue weighted by molar-refractivity contribution is 14.0. The van der Waals surface area contributed by atoms with Crippen LogP contribution in [-0.2, 0) is 0 Å². The molecule has 0 aromatic carbocycles. The molecule has 3 nitrogen and oxygen atoms in total. The molecule has 0 amide bonds. The van der Waals surface area contributed by atoms with Crippen molar-refractivity contribution in [2.45, 2.75) is 47.0 Å². The predicted octanol–water partition coefficient (Wildman–Crippen LogP) is 3.01. The van der Waals surface area contributed by atoms with Gasteiger partial charge in [0.1, 0.15) is 0 Å². The van der Waals surface area contributed by atoms with Gasteiger partial charge in [0.25, 0.3) is 0 Å². The lowest BCUT2D eigenvalue weighted by Crippen LogP contribution is -2.37. The second-order valence-corrected chi connectivity index (χ2v) is 5.34. The lowest BCUT2D eigenvalue weighted by atomic mass is 9.90. The molecule has 0 spiro atoms. The monoisotopic (exact) mass is 365 g/mol. The molecule has 18 heavy (non-hydrogen) atoms. The first-order valence-electron chi connectivity index (χ1n) is 6.45. The first kappa shape index (κ1) is 19.9. The van der Waals surface area contributed by atoms with Crippen LogP contribution in [0.4, 0.5) is 0 Å². The number of aliphatic imine (C=N–C) groups is 1. The van der Waals surface area contributed by atoms with Gasteiger partial charge in [0, 0.05) is 13.1 Å². The summed E-state index contributed by atoms with van der Waals surface area (Å²) in [4.78, 5) is 4.47. The number of terminal acetylenes is 1. The summed E-state index contributed by atoms with van der Waals surface area (Å²) in [5.74, 6) is 3.37. The molecule has 0 bridgehead atoms. The molecule has 0 aromatic heterocycles. The molecular weight excluding hydrogens is 337 g/mol. The lowest BCUT2D eigenvalue weighted by molar-refractivity contribution is 0.361. The molecule has 0 unspecified atom stereocenters. The van der Waals surface area contributed by atoms with Gasteiger partial charge in [-0.15, -0.1) is 30.4 Å². The molecule has 2 N–H and O–H groups in total. The van der Waals surface area contributed by atoms with Gasteiger partial charge in [0.15, 0.2) is 5.96 Å². The topological polar surface area (TPSA) is 36.4 Å². The van der Waals surface area contributed by atoms with E-state index in [1.165, 1.54) is 12.8 Å². The molecule has 0 atom stereocenters. The minimum absolute atomic E-state index is 0. The van der Waals surface area contributed by atoms with Crippen molar-refractivity contribution in [3.63, 3.8) is 0 Å². The molecule has 106 valence electrons. The molecule has 0 heterocycles. The van der Waals surface area contributed by atoms with Crippen molar-refractivity contribution < 1.29 is 0 Å². The molecule has 0 aliphatic carbocycles. The Hall–Kier alpha value is -0.440. The van der Waals surface area contributed by atoms with E-state index in [2.05, 4.69) is 42.3 Å². The minimum atomic E-state index is 0. The number of nitrogens with one attached hydrogen (secondary N) is 2. The quantitative estimate of drug-likeness (QED) is 0.250. The second kappa shape index (κ2) is 11.6. The van der Waals surface area contributed by atoms with E-state index in [4.69, 9.17) is 6.42 Å². The van der Waals surface area contributed by atoms with E-state index in [1.54, 1.807) is 0 Å². The summed E-state index contributed by atoms with van der Waals surface area (Å²) in [5, 5.41) is 6.25. The summed E-state index contributed by atoms with van der Waals surface area (Å²) < 4.78 is 0. The van der Waals surface area contributed by atoms with E-state index < -0.39 is 0 Å². The number of rotatable bonds is 6. The van der Waals surface area contributed by atoms with Crippen LogP contribution >= 0.6 is 24.0 Å². The SMILES string of the molecule is C#CCNC(=NCCCCC(C)(C)C)NCC.I.